The molecular formula is C23H36O3. The van der Waals surface area contributed by atoms with Crippen molar-refractivity contribution < 1.29 is 14.2 Å². The Kier molecular flexibility index (Phi) is 4.65. The summed E-state index contributed by atoms with van der Waals surface area (Å²) in [5, 5.41) is 0. The lowest BCUT2D eigenvalue weighted by atomic mass is 9.53. The van der Waals surface area contributed by atoms with E-state index in [0.29, 0.717) is 41.6 Å². The largest absolute Gasteiger partial charge is 0.366 e. The van der Waals surface area contributed by atoms with Gasteiger partial charge in [0.15, 0.2) is 5.79 Å². The molecule has 0 unspecified atom stereocenters. The molecule has 3 heteroatoms. The van der Waals surface area contributed by atoms with Gasteiger partial charge in [0.2, 0.25) is 0 Å². The molecule has 0 bridgehead atoms. The zero-order valence-corrected chi connectivity index (χ0v) is 17.2. The number of ether oxygens (including phenoxy) is 3. The van der Waals surface area contributed by atoms with E-state index in [4.69, 9.17) is 14.2 Å². The van der Waals surface area contributed by atoms with Crippen molar-refractivity contribution in [1.82, 2.24) is 0 Å². The topological polar surface area (TPSA) is 31.0 Å². The van der Waals surface area contributed by atoms with Gasteiger partial charge in [0.1, 0.15) is 0 Å². The highest BCUT2D eigenvalue weighted by Gasteiger charge is 2.68. The third-order valence-electron chi connectivity index (χ3n) is 7.91. The van der Waals surface area contributed by atoms with Crippen molar-refractivity contribution in [3.05, 3.63) is 24.3 Å². The average molecular weight is 361 g/mol. The molecule has 0 aromatic rings. The van der Waals surface area contributed by atoms with Gasteiger partial charge in [-0.1, -0.05) is 31.6 Å². The second-order valence-electron chi connectivity index (χ2n) is 9.67. The molecule has 3 nitrogen and oxygen atoms in total. The van der Waals surface area contributed by atoms with E-state index in [0.717, 1.165) is 32.5 Å². The van der Waals surface area contributed by atoms with Gasteiger partial charge in [-0.15, -0.1) is 6.58 Å². The van der Waals surface area contributed by atoms with Gasteiger partial charge in [-0.25, -0.2) is 0 Å². The summed E-state index contributed by atoms with van der Waals surface area (Å²) in [5.74, 6) is 2.98. The standard InChI is InChI=1S/C23H36O3/c1-7-15(5)17-12-23(24-9-10-25-23)13-19-18(16(8-2)14(3)4)11-22(6)21(26-22)20(17)19/h7-8,14,16-21H,2,9-13H2,1,3-6H3/b15-7-/t16-,17+,18+,19-,20-,21+,22-/m1/s1. The fourth-order valence-corrected chi connectivity index (χ4v) is 6.52. The molecule has 7 atom stereocenters. The Hall–Kier alpha value is -0.640. The smallest absolute Gasteiger partial charge is 0.169 e. The van der Waals surface area contributed by atoms with Gasteiger partial charge in [-0.05, 0) is 62.7 Å². The fraction of sp³-hybridized carbons (Fsp3) is 0.826. The van der Waals surface area contributed by atoms with E-state index in [2.05, 4.69) is 53.3 Å². The summed E-state index contributed by atoms with van der Waals surface area (Å²) in [6, 6.07) is 0. The van der Waals surface area contributed by atoms with Gasteiger partial charge >= 0.3 is 0 Å². The summed E-state index contributed by atoms with van der Waals surface area (Å²) in [4.78, 5) is 0. The van der Waals surface area contributed by atoms with E-state index >= 15 is 0 Å². The summed E-state index contributed by atoms with van der Waals surface area (Å²) >= 11 is 0. The van der Waals surface area contributed by atoms with Crippen LogP contribution >= 0.6 is 0 Å². The van der Waals surface area contributed by atoms with Crippen LogP contribution in [0, 0.1) is 35.5 Å². The Morgan fingerprint density at radius 3 is 2.42 bits per heavy atom. The zero-order valence-electron chi connectivity index (χ0n) is 17.2. The molecule has 4 aliphatic rings. The fourth-order valence-electron chi connectivity index (χ4n) is 6.52. The molecule has 0 N–H and O–H groups in total. The van der Waals surface area contributed by atoms with Crippen LogP contribution in [0.4, 0.5) is 0 Å². The van der Waals surface area contributed by atoms with Crippen molar-refractivity contribution in [3.63, 3.8) is 0 Å². The SMILES string of the molecule is C=C[C@H](C(C)C)[C@@H]1C[C@@]2(C)O[C@H]2[C@H]2[C@@H]1CC1(C[C@H]2/C(C)=C\C)OCCO1. The molecule has 0 amide bonds. The highest BCUT2D eigenvalue weighted by molar-refractivity contribution is 5.21. The lowest BCUT2D eigenvalue weighted by molar-refractivity contribution is -0.215. The first-order chi connectivity index (χ1) is 12.3. The molecule has 4 rings (SSSR count). The molecule has 0 aromatic heterocycles. The maximum absolute atomic E-state index is 6.37. The van der Waals surface area contributed by atoms with Crippen molar-refractivity contribution in [2.24, 2.45) is 35.5 Å². The van der Waals surface area contributed by atoms with Crippen molar-refractivity contribution in [2.45, 2.75) is 71.4 Å². The van der Waals surface area contributed by atoms with Crippen LogP contribution in [0.25, 0.3) is 0 Å². The molecule has 2 heterocycles. The van der Waals surface area contributed by atoms with Crippen LogP contribution in [-0.2, 0) is 14.2 Å². The van der Waals surface area contributed by atoms with Gasteiger partial charge < -0.3 is 14.2 Å². The van der Waals surface area contributed by atoms with Crippen LogP contribution in [0.1, 0.15) is 53.9 Å². The van der Waals surface area contributed by atoms with E-state index < -0.39 is 0 Å². The number of fused-ring (bicyclic) bond motifs is 3. The number of hydrogen-bond acceptors (Lipinski definition) is 3. The maximum Gasteiger partial charge on any atom is 0.169 e. The molecular weight excluding hydrogens is 324 g/mol. The molecule has 4 fully saturated rings. The summed E-state index contributed by atoms with van der Waals surface area (Å²) in [5.41, 5.74) is 1.53. The third kappa shape index (κ3) is 2.82. The molecule has 1 spiro atoms. The van der Waals surface area contributed by atoms with Crippen molar-refractivity contribution in [1.29, 1.82) is 0 Å². The first kappa shape index (κ1) is 18.7. The van der Waals surface area contributed by atoms with E-state index in [9.17, 15) is 0 Å². The summed E-state index contributed by atoms with van der Waals surface area (Å²) in [7, 11) is 0. The second-order valence-corrected chi connectivity index (χ2v) is 9.67. The Morgan fingerprint density at radius 2 is 1.85 bits per heavy atom. The minimum Gasteiger partial charge on any atom is -0.366 e. The zero-order chi connectivity index (χ0) is 18.7. The van der Waals surface area contributed by atoms with Crippen LogP contribution in [0.3, 0.4) is 0 Å². The minimum atomic E-state index is -0.375. The highest BCUT2D eigenvalue weighted by Crippen LogP contribution is 2.64. The summed E-state index contributed by atoms with van der Waals surface area (Å²) in [6.07, 6.45) is 8.03. The lowest BCUT2D eigenvalue weighted by Crippen LogP contribution is -2.54. The van der Waals surface area contributed by atoms with E-state index in [1.54, 1.807) is 0 Å². The second kappa shape index (κ2) is 6.46. The van der Waals surface area contributed by atoms with Gasteiger partial charge in [-0.2, -0.15) is 0 Å². The summed E-state index contributed by atoms with van der Waals surface area (Å²) < 4.78 is 18.8. The van der Waals surface area contributed by atoms with E-state index in [-0.39, 0.29) is 11.4 Å². The maximum atomic E-state index is 6.37. The first-order valence-electron chi connectivity index (χ1n) is 10.6. The van der Waals surface area contributed by atoms with Crippen molar-refractivity contribution in [2.75, 3.05) is 13.2 Å². The number of epoxide rings is 1. The molecule has 0 radical (unpaired) electrons. The Morgan fingerprint density at radius 1 is 1.15 bits per heavy atom. The van der Waals surface area contributed by atoms with Crippen LogP contribution < -0.4 is 0 Å². The van der Waals surface area contributed by atoms with Crippen LogP contribution in [0.15, 0.2) is 24.3 Å². The van der Waals surface area contributed by atoms with Crippen molar-refractivity contribution in [3.8, 4) is 0 Å². The number of allylic oxidation sites excluding steroid dienone is 3. The average Bonchev–Trinajstić information content (AvgIpc) is 3.08. The number of rotatable bonds is 4. The molecule has 146 valence electrons. The molecule has 26 heavy (non-hydrogen) atoms. The van der Waals surface area contributed by atoms with Gasteiger partial charge in [0.25, 0.3) is 0 Å². The predicted octanol–water partition coefficient (Wildman–Crippen LogP) is 4.97. The molecule has 2 aliphatic carbocycles. The minimum absolute atomic E-state index is 0.0656. The number of hydrogen-bond donors (Lipinski definition) is 0. The Balaban J connectivity index is 1.74. The quantitative estimate of drug-likeness (QED) is 0.524. The third-order valence-corrected chi connectivity index (χ3v) is 7.91. The van der Waals surface area contributed by atoms with E-state index in [1.807, 2.05) is 0 Å². The van der Waals surface area contributed by atoms with Crippen LogP contribution in [0.5, 0.6) is 0 Å². The summed E-state index contributed by atoms with van der Waals surface area (Å²) in [6.45, 7) is 17.1. The Labute approximate surface area is 159 Å². The van der Waals surface area contributed by atoms with Crippen LogP contribution in [-0.4, -0.2) is 30.7 Å². The van der Waals surface area contributed by atoms with Gasteiger partial charge in [0.05, 0.1) is 24.9 Å². The van der Waals surface area contributed by atoms with Crippen molar-refractivity contribution >= 4 is 0 Å². The van der Waals surface area contributed by atoms with E-state index in [1.165, 1.54) is 5.57 Å². The molecule has 2 aliphatic heterocycles. The Bertz CT molecular complexity index is 588. The normalized spacial score (nSPS) is 45.3. The molecule has 2 saturated heterocycles. The first-order valence-corrected chi connectivity index (χ1v) is 10.6. The van der Waals surface area contributed by atoms with Gasteiger partial charge in [0, 0.05) is 12.8 Å². The monoisotopic (exact) mass is 360 g/mol. The molecule has 0 aromatic carbocycles. The van der Waals surface area contributed by atoms with Crippen LogP contribution in [0.2, 0.25) is 0 Å². The van der Waals surface area contributed by atoms with Gasteiger partial charge in [-0.3, -0.25) is 0 Å². The molecule has 2 saturated carbocycles. The highest BCUT2D eigenvalue weighted by atomic mass is 16.7. The lowest BCUT2D eigenvalue weighted by Gasteiger charge is -2.52. The predicted molar refractivity (Wildman–Crippen MR) is 104 cm³/mol.